The number of nitrogens with zero attached hydrogens (tertiary/aromatic N) is 1. The summed E-state index contributed by atoms with van der Waals surface area (Å²) in [5.41, 5.74) is 2.92. The first-order valence-corrected chi connectivity index (χ1v) is 3.56. The molecule has 0 spiro atoms. The van der Waals surface area contributed by atoms with E-state index in [1.807, 2.05) is 6.07 Å². The van der Waals surface area contributed by atoms with Gasteiger partial charge in [0.2, 0.25) is 0 Å². The van der Waals surface area contributed by atoms with Crippen LogP contribution >= 0.6 is 0 Å². The topological polar surface area (TPSA) is 33.5 Å². The Morgan fingerprint density at radius 1 is 1.42 bits per heavy atom. The van der Waals surface area contributed by atoms with Crippen LogP contribution in [0, 0.1) is 6.07 Å². The van der Waals surface area contributed by atoms with Crippen molar-refractivity contribution in [3.8, 4) is 6.07 Å². The molecule has 0 saturated carbocycles. The van der Waals surface area contributed by atoms with Crippen LogP contribution in [0.3, 0.4) is 0 Å². The highest BCUT2D eigenvalue weighted by Gasteiger charge is 2.06. The van der Waals surface area contributed by atoms with E-state index in [1.54, 1.807) is 31.2 Å². The maximum Gasteiger partial charge on any atom is 0.322 e. The molecule has 1 aromatic rings. The van der Waals surface area contributed by atoms with E-state index in [0.717, 1.165) is 0 Å². The molecule has 0 atom stereocenters. The molecule has 0 bridgehead atoms. The summed E-state index contributed by atoms with van der Waals surface area (Å²) in [5, 5.41) is 0. The van der Waals surface area contributed by atoms with Gasteiger partial charge in [0.15, 0.2) is 0 Å². The van der Waals surface area contributed by atoms with Crippen LogP contribution in [0.1, 0.15) is 17.3 Å². The van der Waals surface area contributed by atoms with Gasteiger partial charge in [0, 0.05) is 5.56 Å². The molecule has 1 rings (SSSR count). The molecule has 3 nitrogen and oxygen atoms in total. The van der Waals surface area contributed by atoms with Gasteiger partial charge in [0.1, 0.15) is 0 Å². The SMILES string of the molecule is CC#[N+]NC(=O)c1ccccc1. The Bertz CT molecular complexity index is 321. The van der Waals surface area contributed by atoms with Crippen molar-refractivity contribution in [3.63, 3.8) is 0 Å². The van der Waals surface area contributed by atoms with Crippen LogP contribution in [-0.2, 0) is 0 Å². The molecule has 0 aliphatic heterocycles. The lowest BCUT2D eigenvalue weighted by atomic mass is 10.2. The van der Waals surface area contributed by atoms with Crippen LogP contribution in [0.15, 0.2) is 30.3 Å². The van der Waals surface area contributed by atoms with Gasteiger partial charge in [-0.3, -0.25) is 4.79 Å². The zero-order chi connectivity index (χ0) is 8.81. The number of nitrogens with one attached hydrogen (secondary N) is 1. The van der Waals surface area contributed by atoms with Crippen LogP contribution in [0.2, 0.25) is 0 Å². The second-order valence-corrected chi connectivity index (χ2v) is 2.14. The summed E-state index contributed by atoms with van der Waals surface area (Å²) >= 11 is 0. The number of carbonyl (C=O) groups is 1. The Kier molecular flexibility index (Phi) is 2.86. The fourth-order valence-electron chi connectivity index (χ4n) is 0.761. The molecular formula is C9H9N2O+. The summed E-state index contributed by atoms with van der Waals surface area (Å²) in [7, 11) is 0. The van der Waals surface area contributed by atoms with E-state index in [0.29, 0.717) is 5.56 Å². The number of carbonyl (C=O) groups excluding carboxylic acids is 1. The quantitative estimate of drug-likeness (QED) is 0.624. The van der Waals surface area contributed by atoms with Gasteiger partial charge >= 0.3 is 12.0 Å². The van der Waals surface area contributed by atoms with E-state index in [2.05, 4.69) is 16.4 Å². The lowest BCUT2D eigenvalue weighted by Gasteiger charge is -1.89. The standard InChI is InChI=1S/C9H8N2O/c1-2-10-11-9(12)8-6-4-3-5-7-8/h3-7H,1H3/p+1. The molecule has 1 aromatic carbocycles. The van der Waals surface area contributed by atoms with Crippen LogP contribution in [0.4, 0.5) is 0 Å². The number of amides is 1. The third kappa shape index (κ3) is 2.10. The monoisotopic (exact) mass is 161 g/mol. The lowest BCUT2D eigenvalue weighted by Crippen LogP contribution is -2.14. The average molecular weight is 161 g/mol. The smallest absolute Gasteiger partial charge is 0.262 e. The lowest BCUT2D eigenvalue weighted by molar-refractivity contribution is 0.0969. The van der Waals surface area contributed by atoms with E-state index in [9.17, 15) is 4.79 Å². The van der Waals surface area contributed by atoms with Crippen LogP contribution < -0.4 is 5.43 Å². The van der Waals surface area contributed by atoms with Gasteiger partial charge in [-0.25, -0.2) is 0 Å². The highest BCUT2D eigenvalue weighted by atomic mass is 16.2. The maximum absolute atomic E-state index is 11.2. The summed E-state index contributed by atoms with van der Waals surface area (Å²) in [5.74, 6) is -0.218. The molecule has 0 saturated heterocycles. The number of hydrogen-bond acceptors (Lipinski definition) is 1. The van der Waals surface area contributed by atoms with Gasteiger partial charge in [-0.05, 0) is 17.6 Å². The van der Waals surface area contributed by atoms with E-state index < -0.39 is 0 Å². The Balaban J connectivity index is 2.70. The van der Waals surface area contributed by atoms with Crippen molar-refractivity contribution in [3.05, 3.63) is 40.8 Å². The van der Waals surface area contributed by atoms with Gasteiger partial charge < -0.3 is 0 Å². The summed E-state index contributed by atoms with van der Waals surface area (Å²) in [6.07, 6.45) is 0. The molecule has 0 fully saturated rings. The van der Waals surface area contributed by atoms with Crippen molar-refractivity contribution in [2.75, 3.05) is 0 Å². The van der Waals surface area contributed by atoms with Crippen molar-refractivity contribution in [1.29, 1.82) is 0 Å². The molecule has 0 heterocycles. The second kappa shape index (κ2) is 4.14. The normalized spacial score (nSPS) is 8.08. The molecule has 1 amide bonds. The summed E-state index contributed by atoms with van der Waals surface area (Å²) < 4.78 is 0. The number of benzene rings is 1. The third-order valence-electron chi connectivity index (χ3n) is 1.31. The van der Waals surface area contributed by atoms with Gasteiger partial charge in [0.25, 0.3) is 0 Å². The zero-order valence-electron chi connectivity index (χ0n) is 6.74. The van der Waals surface area contributed by atoms with Crippen LogP contribution in [0.25, 0.3) is 4.95 Å². The minimum atomic E-state index is -0.218. The second-order valence-electron chi connectivity index (χ2n) is 2.14. The fraction of sp³-hybridized carbons (Fsp3) is 0.111. The minimum Gasteiger partial charge on any atom is -0.262 e. The largest absolute Gasteiger partial charge is 0.322 e. The molecule has 0 aliphatic carbocycles. The maximum atomic E-state index is 11.2. The first-order valence-electron chi connectivity index (χ1n) is 3.56. The van der Waals surface area contributed by atoms with Gasteiger partial charge in [0.05, 0.1) is 11.9 Å². The van der Waals surface area contributed by atoms with E-state index >= 15 is 0 Å². The Morgan fingerprint density at radius 2 is 2.08 bits per heavy atom. The number of rotatable bonds is 1. The fourth-order valence-corrected chi connectivity index (χ4v) is 0.761. The summed E-state index contributed by atoms with van der Waals surface area (Å²) in [4.78, 5) is 14.7. The predicted molar refractivity (Wildman–Crippen MR) is 46.8 cm³/mol. The average Bonchev–Trinajstić information content (AvgIpc) is 2.15. The molecule has 12 heavy (non-hydrogen) atoms. The summed E-state index contributed by atoms with van der Waals surface area (Å²) in [6.45, 7) is 1.62. The molecular weight excluding hydrogens is 152 g/mol. The Labute approximate surface area is 70.8 Å². The molecule has 0 aromatic heterocycles. The Hall–Kier alpha value is -1.82. The highest BCUT2D eigenvalue weighted by Crippen LogP contribution is 1.96. The van der Waals surface area contributed by atoms with E-state index in [4.69, 9.17) is 0 Å². The Morgan fingerprint density at radius 3 is 2.67 bits per heavy atom. The van der Waals surface area contributed by atoms with Crippen molar-refractivity contribution in [2.24, 2.45) is 0 Å². The molecule has 60 valence electrons. The summed E-state index contributed by atoms with van der Waals surface area (Å²) in [6, 6.07) is 11.4. The molecule has 0 unspecified atom stereocenters. The van der Waals surface area contributed by atoms with Gasteiger partial charge in [-0.1, -0.05) is 18.2 Å². The van der Waals surface area contributed by atoms with E-state index in [1.165, 1.54) is 0 Å². The first-order chi connectivity index (χ1) is 5.84. The van der Waals surface area contributed by atoms with Crippen molar-refractivity contribution in [2.45, 2.75) is 6.92 Å². The molecule has 0 aliphatic rings. The van der Waals surface area contributed by atoms with Gasteiger partial charge in [-0.15, -0.1) is 0 Å². The van der Waals surface area contributed by atoms with E-state index in [-0.39, 0.29) is 5.91 Å². The minimum absolute atomic E-state index is 0.218. The van der Waals surface area contributed by atoms with Crippen molar-refractivity contribution >= 4 is 5.91 Å². The highest BCUT2D eigenvalue weighted by molar-refractivity contribution is 5.94. The number of hydrogen-bond donors (Lipinski definition) is 1. The predicted octanol–water partition coefficient (Wildman–Crippen LogP) is 1.68. The third-order valence-corrected chi connectivity index (χ3v) is 1.31. The molecule has 3 heteroatoms. The molecule has 0 radical (unpaired) electrons. The zero-order valence-corrected chi connectivity index (χ0v) is 6.74. The van der Waals surface area contributed by atoms with Crippen LogP contribution in [-0.4, -0.2) is 5.91 Å². The van der Waals surface area contributed by atoms with Gasteiger partial charge in [-0.2, -0.15) is 0 Å². The van der Waals surface area contributed by atoms with Crippen molar-refractivity contribution < 1.29 is 4.79 Å². The first kappa shape index (κ1) is 8.28. The van der Waals surface area contributed by atoms with Crippen LogP contribution in [0.5, 0.6) is 0 Å². The van der Waals surface area contributed by atoms with Crippen molar-refractivity contribution in [1.82, 2.24) is 5.43 Å². The molecule has 1 N–H and O–H groups in total.